The van der Waals surface area contributed by atoms with Gasteiger partial charge >= 0.3 is 0 Å². The summed E-state index contributed by atoms with van der Waals surface area (Å²) >= 11 is 0. The van der Waals surface area contributed by atoms with Crippen molar-refractivity contribution in [1.82, 2.24) is 0 Å². The number of hydrogen-bond acceptors (Lipinski definition) is 4. The van der Waals surface area contributed by atoms with Crippen molar-refractivity contribution in [2.75, 3.05) is 50.7 Å². The summed E-state index contributed by atoms with van der Waals surface area (Å²) < 4.78 is 10.5. The maximum Gasteiger partial charge on any atom is 0.144 e. The molecule has 0 spiro atoms. The quantitative estimate of drug-likeness (QED) is 0.838. The van der Waals surface area contributed by atoms with Gasteiger partial charge in [-0.15, -0.1) is 0 Å². The maximum atomic E-state index is 5.40. The second-order valence-electron chi connectivity index (χ2n) is 3.76. The van der Waals surface area contributed by atoms with Crippen LogP contribution in [-0.2, 0) is 4.74 Å². The van der Waals surface area contributed by atoms with Crippen LogP contribution in [0.25, 0.3) is 0 Å². The van der Waals surface area contributed by atoms with Crippen molar-refractivity contribution in [2.45, 2.75) is 0 Å². The van der Waals surface area contributed by atoms with E-state index in [4.69, 9.17) is 9.47 Å². The zero-order valence-electron chi connectivity index (χ0n) is 9.82. The van der Waals surface area contributed by atoms with E-state index in [1.54, 1.807) is 14.2 Å². The lowest BCUT2D eigenvalue weighted by Crippen LogP contribution is -2.36. The zero-order chi connectivity index (χ0) is 11.4. The van der Waals surface area contributed by atoms with Crippen LogP contribution in [0, 0.1) is 0 Å². The lowest BCUT2D eigenvalue weighted by atomic mass is 10.2. The fourth-order valence-corrected chi connectivity index (χ4v) is 2.02. The number of para-hydroxylation sites is 1. The van der Waals surface area contributed by atoms with Crippen LogP contribution in [0.15, 0.2) is 18.2 Å². The second-order valence-corrected chi connectivity index (χ2v) is 3.76. The van der Waals surface area contributed by atoms with E-state index in [0.29, 0.717) is 0 Å². The molecule has 0 radical (unpaired) electrons. The molecule has 16 heavy (non-hydrogen) atoms. The van der Waals surface area contributed by atoms with E-state index in [1.165, 1.54) is 0 Å². The molecule has 1 aliphatic rings. The van der Waals surface area contributed by atoms with Crippen LogP contribution in [0.3, 0.4) is 0 Å². The van der Waals surface area contributed by atoms with E-state index < -0.39 is 0 Å². The molecule has 2 rings (SSSR count). The maximum absolute atomic E-state index is 5.40. The zero-order valence-corrected chi connectivity index (χ0v) is 9.82. The smallest absolute Gasteiger partial charge is 0.144 e. The lowest BCUT2D eigenvalue weighted by molar-refractivity contribution is 0.205. The molecule has 0 aromatic heterocycles. The average Bonchev–Trinajstić information content (AvgIpc) is 2.35. The predicted octanol–water partition coefficient (Wildman–Crippen LogP) is 1.57. The monoisotopic (exact) mass is 222 g/mol. The Morgan fingerprint density at radius 1 is 1.38 bits per heavy atom. The van der Waals surface area contributed by atoms with E-state index in [1.807, 2.05) is 12.1 Å². The number of anilines is 2. The molecule has 1 aliphatic heterocycles. The van der Waals surface area contributed by atoms with Crippen molar-refractivity contribution in [1.29, 1.82) is 0 Å². The van der Waals surface area contributed by atoms with Crippen molar-refractivity contribution < 1.29 is 9.47 Å². The first-order valence-electron chi connectivity index (χ1n) is 5.51. The van der Waals surface area contributed by atoms with E-state index in [9.17, 15) is 0 Å². The highest BCUT2D eigenvalue weighted by Gasteiger charge is 2.19. The van der Waals surface area contributed by atoms with Crippen molar-refractivity contribution in [3.63, 3.8) is 0 Å². The summed E-state index contributed by atoms with van der Waals surface area (Å²) in [5.74, 6) is 0.917. The Labute approximate surface area is 96.2 Å². The third-order valence-corrected chi connectivity index (χ3v) is 2.80. The Hall–Kier alpha value is -1.42. The van der Waals surface area contributed by atoms with Gasteiger partial charge in [0, 0.05) is 26.7 Å². The van der Waals surface area contributed by atoms with Gasteiger partial charge in [0.05, 0.1) is 19.4 Å². The fourth-order valence-electron chi connectivity index (χ4n) is 2.02. The van der Waals surface area contributed by atoms with Crippen LogP contribution in [0.4, 0.5) is 11.4 Å². The Morgan fingerprint density at radius 3 is 3.00 bits per heavy atom. The van der Waals surface area contributed by atoms with Gasteiger partial charge in [-0.05, 0) is 12.1 Å². The van der Waals surface area contributed by atoms with Crippen LogP contribution in [0.2, 0.25) is 0 Å². The van der Waals surface area contributed by atoms with Gasteiger partial charge in [-0.3, -0.25) is 0 Å². The number of fused-ring (bicyclic) bond motifs is 1. The summed E-state index contributed by atoms with van der Waals surface area (Å²) in [4.78, 5) is 2.30. The molecule has 1 heterocycles. The third kappa shape index (κ3) is 2.07. The molecular formula is C12H18N2O2. The Kier molecular flexibility index (Phi) is 3.51. The van der Waals surface area contributed by atoms with Gasteiger partial charge in [-0.2, -0.15) is 0 Å². The van der Waals surface area contributed by atoms with E-state index in [2.05, 4.69) is 16.3 Å². The topological polar surface area (TPSA) is 33.7 Å². The standard InChI is InChI=1S/C12H18N2O2/c1-15-9-8-14-7-6-13-10-4-3-5-11(16-2)12(10)14/h3-5,13H,6-9H2,1-2H3. The van der Waals surface area contributed by atoms with Crippen LogP contribution in [-0.4, -0.2) is 40.5 Å². The molecule has 88 valence electrons. The second kappa shape index (κ2) is 5.07. The number of ether oxygens (including phenoxy) is 2. The molecule has 1 aromatic rings. The van der Waals surface area contributed by atoms with Crippen LogP contribution >= 0.6 is 0 Å². The molecule has 1 N–H and O–H groups in total. The predicted molar refractivity (Wildman–Crippen MR) is 65.6 cm³/mol. The third-order valence-electron chi connectivity index (χ3n) is 2.80. The first-order chi connectivity index (χ1) is 7.86. The van der Waals surface area contributed by atoms with Gasteiger partial charge in [-0.1, -0.05) is 6.07 Å². The average molecular weight is 222 g/mol. The molecule has 4 nitrogen and oxygen atoms in total. The molecule has 0 aliphatic carbocycles. The molecule has 0 saturated heterocycles. The highest BCUT2D eigenvalue weighted by Crippen LogP contribution is 2.37. The summed E-state index contributed by atoms with van der Waals surface area (Å²) in [6.45, 7) is 3.57. The number of hydrogen-bond donors (Lipinski definition) is 1. The molecular weight excluding hydrogens is 204 g/mol. The SMILES string of the molecule is COCCN1CCNc2cccc(OC)c21. The number of benzene rings is 1. The Balaban J connectivity index is 2.27. The van der Waals surface area contributed by atoms with E-state index in [-0.39, 0.29) is 0 Å². The minimum Gasteiger partial charge on any atom is -0.495 e. The number of nitrogens with zero attached hydrogens (tertiary/aromatic N) is 1. The minimum atomic E-state index is 0.734. The molecule has 0 amide bonds. The first kappa shape index (κ1) is 11.1. The van der Waals surface area contributed by atoms with Gasteiger partial charge in [0.15, 0.2) is 0 Å². The molecule has 0 bridgehead atoms. The Bertz CT molecular complexity index is 341. The molecule has 0 saturated carbocycles. The van der Waals surface area contributed by atoms with Gasteiger partial charge in [-0.25, -0.2) is 0 Å². The number of methoxy groups -OCH3 is 2. The molecule has 0 atom stereocenters. The van der Waals surface area contributed by atoms with Crippen molar-refractivity contribution in [3.8, 4) is 5.75 Å². The van der Waals surface area contributed by atoms with Crippen molar-refractivity contribution in [3.05, 3.63) is 18.2 Å². The molecule has 1 aromatic carbocycles. The Morgan fingerprint density at radius 2 is 2.25 bits per heavy atom. The van der Waals surface area contributed by atoms with Crippen LogP contribution < -0.4 is 15.0 Å². The normalized spacial score (nSPS) is 14.2. The van der Waals surface area contributed by atoms with Gasteiger partial charge < -0.3 is 19.7 Å². The van der Waals surface area contributed by atoms with Crippen LogP contribution in [0.1, 0.15) is 0 Å². The highest BCUT2D eigenvalue weighted by molar-refractivity contribution is 5.78. The van der Waals surface area contributed by atoms with E-state index >= 15 is 0 Å². The molecule has 0 unspecified atom stereocenters. The summed E-state index contributed by atoms with van der Waals surface area (Å²) in [5.41, 5.74) is 2.29. The lowest BCUT2D eigenvalue weighted by Gasteiger charge is -2.33. The fraction of sp³-hybridized carbons (Fsp3) is 0.500. The van der Waals surface area contributed by atoms with Crippen molar-refractivity contribution >= 4 is 11.4 Å². The summed E-state index contributed by atoms with van der Waals surface area (Å²) in [6.07, 6.45) is 0. The van der Waals surface area contributed by atoms with Crippen LogP contribution in [0.5, 0.6) is 5.75 Å². The largest absolute Gasteiger partial charge is 0.495 e. The minimum absolute atomic E-state index is 0.734. The van der Waals surface area contributed by atoms with Gasteiger partial charge in [0.2, 0.25) is 0 Å². The van der Waals surface area contributed by atoms with Gasteiger partial charge in [0.25, 0.3) is 0 Å². The molecule has 4 heteroatoms. The number of nitrogens with one attached hydrogen (secondary N) is 1. The summed E-state index contributed by atoms with van der Waals surface area (Å²) in [5, 5.41) is 3.38. The number of rotatable bonds is 4. The first-order valence-corrected chi connectivity index (χ1v) is 5.51. The van der Waals surface area contributed by atoms with Gasteiger partial charge in [0.1, 0.15) is 11.4 Å². The summed E-state index contributed by atoms with van der Waals surface area (Å²) in [6, 6.07) is 6.08. The summed E-state index contributed by atoms with van der Waals surface area (Å²) in [7, 11) is 3.43. The van der Waals surface area contributed by atoms with E-state index in [0.717, 1.165) is 43.4 Å². The highest BCUT2D eigenvalue weighted by atomic mass is 16.5. The van der Waals surface area contributed by atoms with Crippen molar-refractivity contribution in [2.24, 2.45) is 0 Å². The molecule has 0 fully saturated rings.